The molecule has 0 spiro atoms. The van der Waals surface area contributed by atoms with Gasteiger partial charge in [-0.25, -0.2) is 9.69 Å². The number of carbonyl (C=O) groups excluding carboxylic acids is 3. The molecular formula is C22H18ClF3N2O5. The molecule has 0 bridgehead atoms. The zero-order chi connectivity index (χ0) is 24.5. The van der Waals surface area contributed by atoms with Crippen molar-refractivity contribution in [3.8, 4) is 11.5 Å². The molecule has 0 aliphatic carbocycles. The molecule has 174 valence electrons. The van der Waals surface area contributed by atoms with Crippen LogP contribution < -0.4 is 19.7 Å². The third kappa shape index (κ3) is 5.11. The fraction of sp³-hybridized carbons (Fsp3) is 0.227. The van der Waals surface area contributed by atoms with E-state index in [1.807, 2.05) is 5.32 Å². The zero-order valence-electron chi connectivity index (χ0n) is 17.6. The van der Waals surface area contributed by atoms with Gasteiger partial charge in [0, 0.05) is 11.6 Å². The summed E-state index contributed by atoms with van der Waals surface area (Å²) in [5, 5.41) is 1.67. The summed E-state index contributed by atoms with van der Waals surface area (Å²) in [6.07, 6.45) is -3.82. The maximum atomic E-state index is 13.2. The summed E-state index contributed by atoms with van der Waals surface area (Å²) in [4.78, 5) is 38.3. The Bertz CT molecular complexity index is 1160. The number of ether oxygens (including phenoxy) is 2. The number of methoxy groups -OCH3 is 1. The number of alkyl halides is 3. The van der Waals surface area contributed by atoms with Crippen LogP contribution >= 0.6 is 11.6 Å². The molecule has 7 nitrogen and oxygen atoms in total. The molecule has 1 N–H and O–H groups in total. The van der Waals surface area contributed by atoms with Gasteiger partial charge in [-0.3, -0.25) is 14.9 Å². The lowest BCUT2D eigenvalue weighted by molar-refractivity contribution is -0.137. The summed E-state index contributed by atoms with van der Waals surface area (Å²) >= 11 is 5.99. The molecule has 2 aromatic carbocycles. The minimum atomic E-state index is -4.74. The third-order valence-corrected chi connectivity index (χ3v) is 4.82. The fourth-order valence-electron chi connectivity index (χ4n) is 3.01. The van der Waals surface area contributed by atoms with Gasteiger partial charge < -0.3 is 9.47 Å². The van der Waals surface area contributed by atoms with Crippen molar-refractivity contribution in [1.82, 2.24) is 5.32 Å². The number of halogens is 4. The summed E-state index contributed by atoms with van der Waals surface area (Å²) in [6.45, 7) is 3.54. The largest absolute Gasteiger partial charge is 0.497 e. The van der Waals surface area contributed by atoms with E-state index in [9.17, 15) is 27.6 Å². The molecule has 0 aromatic heterocycles. The number of anilines is 1. The molecule has 11 heteroatoms. The smallest absolute Gasteiger partial charge is 0.416 e. The first-order chi connectivity index (χ1) is 15.4. The van der Waals surface area contributed by atoms with Crippen molar-refractivity contribution in [3.05, 3.63) is 58.1 Å². The summed E-state index contributed by atoms with van der Waals surface area (Å²) < 4.78 is 50.4. The molecule has 0 atom stereocenters. The van der Waals surface area contributed by atoms with E-state index in [-0.39, 0.29) is 16.9 Å². The number of amides is 4. The number of hydrogen-bond acceptors (Lipinski definition) is 5. The monoisotopic (exact) mass is 482 g/mol. The van der Waals surface area contributed by atoms with Crippen LogP contribution in [0.15, 0.2) is 42.0 Å². The van der Waals surface area contributed by atoms with E-state index in [0.29, 0.717) is 28.3 Å². The number of benzene rings is 2. The maximum Gasteiger partial charge on any atom is 0.416 e. The van der Waals surface area contributed by atoms with Crippen molar-refractivity contribution in [2.24, 2.45) is 0 Å². The Hall–Kier alpha value is -3.53. The van der Waals surface area contributed by atoms with Crippen LogP contribution in [0.4, 0.5) is 23.7 Å². The molecular weight excluding hydrogens is 465 g/mol. The fourth-order valence-corrected chi connectivity index (χ4v) is 3.21. The Morgan fingerprint density at radius 2 is 1.79 bits per heavy atom. The number of rotatable bonds is 5. The van der Waals surface area contributed by atoms with Crippen molar-refractivity contribution >= 4 is 41.2 Å². The molecule has 0 unspecified atom stereocenters. The SMILES string of the molecule is COc1ccc(/C=C2/C(=O)NC(=O)N(c3cc(C(F)(F)F)ccc3Cl)C2=O)c(OC(C)C)c1. The van der Waals surface area contributed by atoms with Crippen LogP contribution in [0.2, 0.25) is 5.02 Å². The van der Waals surface area contributed by atoms with Crippen molar-refractivity contribution < 1.29 is 37.0 Å². The molecule has 1 saturated heterocycles. The van der Waals surface area contributed by atoms with Gasteiger partial charge in [0.25, 0.3) is 11.8 Å². The van der Waals surface area contributed by atoms with Crippen LogP contribution in [-0.4, -0.2) is 31.1 Å². The van der Waals surface area contributed by atoms with Gasteiger partial charge in [-0.2, -0.15) is 13.2 Å². The highest BCUT2D eigenvalue weighted by Gasteiger charge is 2.39. The molecule has 33 heavy (non-hydrogen) atoms. The lowest BCUT2D eigenvalue weighted by Crippen LogP contribution is -2.54. The average molecular weight is 483 g/mol. The van der Waals surface area contributed by atoms with Crippen LogP contribution in [0.25, 0.3) is 6.08 Å². The van der Waals surface area contributed by atoms with Crippen LogP contribution in [0.3, 0.4) is 0 Å². The second-order valence-electron chi connectivity index (χ2n) is 7.19. The molecule has 2 aromatic rings. The maximum absolute atomic E-state index is 13.2. The van der Waals surface area contributed by atoms with Crippen molar-refractivity contribution in [3.63, 3.8) is 0 Å². The molecule has 1 aliphatic rings. The van der Waals surface area contributed by atoms with Gasteiger partial charge in [0.1, 0.15) is 17.1 Å². The van der Waals surface area contributed by atoms with Gasteiger partial charge >= 0.3 is 12.2 Å². The van der Waals surface area contributed by atoms with E-state index in [4.69, 9.17) is 21.1 Å². The minimum absolute atomic E-state index is 0.257. The number of nitrogens with zero attached hydrogens (tertiary/aromatic N) is 1. The summed E-state index contributed by atoms with van der Waals surface area (Å²) in [7, 11) is 1.45. The molecule has 1 fully saturated rings. The van der Waals surface area contributed by atoms with E-state index in [1.165, 1.54) is 19.3 Å². The third-order valence-electron chi connectivity index (χ3n) is 4.50. The van der Waals surface area contributed by atoms with E-state index in [2.05, 4.69) is 0 Å². The standard InChI is InChI=1S/C22H18ClF3N2O5/c1-11(2)33-18-10-14(32-3)6-4-12(18)8-15-19(29)27-21(31)28(20(15)30)17-9-13(22(24,25)26)5-7-16(17)23/h4-11H,1-3H3,(H,27,29,31)/b15-8-. The van der Waals surface area contributed by atoms with Gasteiger partial charge in [0.05, 0.1) is 29.5 Å². The molecule has 0 saturated carbocycles. The first-order valence-electron chi connectivity index (χ1n) is 9.55. The average Bonchev–Trinajstić information content (AvgIpc) is 2.71. The van der Waals surface area contributed by atoms with E-state index < -0.39 is 40.8 Å². The van der Waals surface area contributed by atoms with Crippen molar-refractivity contribution in [2.75, 3.05) is 12.0 Å². The van der Waals surface area contributed by atoms with Crippen LogP contribution in [0.5, 0.6) is 11.5 Å². The molecule has 1 heterocycles. The van der Waals surface area contributed by atoms with Gasteiger partial charge in [-0.1, -0.05) is 11.6 Å². The zero-order valence-corrected chi connectivity index (χ0v) is 18.4. The first-order valence-corrected chi connectivity index (χ1v) is 9.93. The lowest BCUT2D eigenvalue weighted by Gasteiger charge is -2.27. The van der Waals surface area contributed by atoms with Crippen LogP contribution in [0, 0.1) is 0 Å². The highest BCUT2D eigenvalue weighted by atomic mass is 35.5. The molecule has 1 aliphatic heterocycles. The summed E-state index contributed by atoms with van der Waals surface area (Å²) in [5.74, 6) is -1.41. The second-order valence-corrected chi connectivity index (χ2v) is 7.60. The number of nitrogens with one attached hydrogen (secondary N) is 1. The Kier molecular flexibility index (Phi) is 6.68. The minimum Gasteiger partial charge on any atom is -0.497 e. The van der Waals surface area contributed by atoms with Crippen LogP contribution in [0.1, 0.15) is 25.0 Å². The Labute approximate surface area is 191 Å². The molecule has 0 radical (unpaired) electrons. The topological polar surface area (TPSA) is 84.9 Å². The molecule has 4 amide bonds. The summed E-state index contributed by atoms with van der Waals surface area (Å²) in [5.41, 5.74) is -1.82. The van der Waals surface area contributed by atoms with E-state index >= 15 is 0 Å². The predicted molar refractivity (Wildman–Crippen MR) is 114 cm³/mol. The Morgan fingerprint density at radius 3 is 2.39 bits per heavy atom. The second kappa shape index (κ2) is 9.14. The highest BCUT2D eigenvalue weighted by molar-refractivity contribution is 6.42. The predicted octanol–water partition coefficient (Wildman–Crippen LogP) is 4.82. The van der Waals surface area contributed by atoms with Crippen molar-refractivity contribution in [1.29, 1.82) is 0 Å². The quantitative estimate of drug-likeness (QED) is 0.488. The summed E-state index contributed by atoms with van der Waals surface area (Å²) in [6, 6.07) is 5.61. The highest BCUT2D eigenvalue weighted by Crippen LogP contribution is 2.37. The van der Waals surface area contributed by atoms with E-state index in [1.54, 1.807) is 26.0 Å². The number of barbiturate groups is 1. The normalized spacial score (nSPS) is 15.8. The molecule has 3 rings (SSSR count). The van der Waals surface area contributed by atoms with Gasteiger partial charge in [0.15, 0.2) is 0 Å². The first kappa shape index (κ1) is 24.1. The van der Waals surface area contributed by atoms with Gasteiger partial charge in [-0.05, 0) is 50.3 Å². The van der Waals surface area contributed by atoms with Crippen molar-refractivity contribution in [2.45, 2.75) is 26.1 Å². The number of imide groups is 2. The Balaban J connectivity index is 2.10. The number of hydrogen-bond donors (Lipinski definition) is 1. The number of urea groups is 1. The van der Waals surface area contributed by atoms with Gasteiger partial charge in [0.2, 0.25) is 0 Å². The van der Waals surface area contributed by atoms with Gasteiger partial charge in [-0.15, -0.1) is 0 Å². The Morgan fingerprint density at radius 1 is 1.09 bits per heavy atom. The van der Waals surface area contributed by atoms with E-state index in [0.717, 1.165) is 6.07 Å². The number of carbonyl (C=O) groups is 3. The van der Waals surface area contributed by atoms with Crippen LogP contribution in [-0.2, 0) is 15.8 Å². The lowest BCUT2D eigenvalue weighted by atomic mass is 10.0.